The summed E-state index contributed by atoms with van der Waals surface area (Å²) in [5, 5.41) is 11.9. The summed E-state index contributed by atoms with van der Waals surface area (Å²) in [6.45, 7) is 7.97. The highest BCUT2D eigenvalue weighted by atomic mass is 16.6. The smallest absolute Gasteiger partial charge is 0.322 e. The molecular formula is C17H20N4O3. The van der Waals surface area contributed by atoms with E-state index in [1.54, 1.807) is 23.2 Å². The van der Waals surface area contributed by atoms with Gasteiger partial charge in [0.1, 0.15) is 5.52 Å². The quantitative estimate of drug-likeness (QED) is 0.637. The number of hydrogen-bond acceptors (Lipinski definition) is 4. The number of pyridine rings is 1. The van der Waals surface area contributed by atoms with Gasteiger partial charge in [-0.1, -0.05) is 26.0 Å². The molecule has 2 heterocycles. The van der Waals surface area contributed by atoms with Crippen LogP contribution in [-0.2, 0) is 0 Å². The van der Waals surface area contributed by atoms with Crippen LogP contribution in [0.25, 0.3) is 10.9 Å². The molecule has 1 aromatic carbocycles. The van der Waals surface area contributed by atoms with E-state index in [1.807, 2.05) is 11.8 Å². The fraction of sp³-hybridized carbons (Fsp3) is 0.412. The number of para-hydroxylation sites is 1. The highest BCUT2D eigenvalue weighted by molar-refractivity contribution is 6.06. The second kappa shape index (κ2) is 6.07. The fourth-order valence-corrected chi connectivity index (χ4v) is 3.20. The normalized spacial score (nSPS) is 14.9. The van der Waals surface area contributed by atoms with Crippen molar-refractivity contribution in [2.45, 2.75) is 20.8 Å². The third-order valence-electron chi connectivity index (χ3n) is 4.18. The van der Waals surface area contributed by atoms with E-state index in [0.29, 0.717) is 36.5 Å². The maximum atomic E-state index is 12.8. The zero-order valence-corrected chi connectivity index (χ0v) is 14.0. The Morgan fingerprint density at radius 1 is 1.33 bits per heavy atom. The topological polar surface area (TPSA) is 79.6 Å². The highest BCUT2D eigenvalue weighted by Gasteiger charge is 2.32. The number of rotatable bonds is 4. The first-order valence-corrected chi connectivity index (χ1v) is 7.99. The lowest BCUT2D eigenvalue weighted by molar-refractivity contribution is -0.383. The zero-order chi connectivity index (χ0) is 17.4. The molecule has 1 fully saturated rings. The predicted octanol–water partition coefficient (Wildman–Crippen LogP) is 3.35. The average Bonchev–Trinajstić information content (AvgIpc) is 2.86. The maximum Gasteiger partial charge on any atom is 0.324 e. The Morgan fingerprint density at radius 2 is 2.08 bits per heavy atom. The first-order valence-electron chi connectivity index (χ1n) is 7.99. The van der Waals surface area contributed by atoms with Crippen molar-refractivity contribution < 1.29 is 9.72 Å². The summed E-state index contributed by atoms with van der Waals surface area (Å²) in [5.74, 6) is 0.394. The first-order chi connectivity index (χ1) is 11.4. The third kappa shape index (κ3) is 2.66. The van der Waals surface area contributed by atoms with Crippen LogP contribution in [-0.4, -0.2) is 40.5 Å². The molecule has 1 aliphatic rings. The van der Waals surface area contributed by atoms with Gasteiger partial charge in [0.15, 0.2) is 0 Å². The number of nitro groups is 1. The molecule has 0 saturated carbocycles. The van der Waals surface area contributed by atoms with E-state index in [9.17, 15) is 14.9 Å². The standard InChI is InChI=1S/C17H20N4O3/c1-11(2)10-19-7-8-20(17(19)22)16-12(3)9-18-15-13(16)5-4-6-14(15)21(23)24/h4-6,9,11H,7-8,10H2,1-3H3. The lowest BCUT2D eigenvalue weighted by atomic mass is 10.1. The van der Waals surface area contributed by atoms with Crippen LogP contribution in [0.1, 0.15) is 19.4 Å². The molecule has 0 aliphatic carbocycles. The second-order valence-corrected chi connectivity index (χ2v) is 6.49. The number of amides is 2. The van der Waals surface area contributed by atoms with Gasteiger partial charge in [-0.15, -0.1) is 0 Å². The number of nitro benzene ring substituents is 1. The van der Waals surface area contributed by atoms with Crippen molar-refractivity contribution in [2.24, 2.45) is 5.92 Å². The van der Waals surface area contributed by atoms with Gasteiger partial charge in [0.25, 0.3) is 5.69 Å². The number of anilines is 1. The molecule has 1 saturated heterocycles. The van der Waals surface area contributed by atoms with Gasteiger partial charge >= 0.3 is 6.03 Å². The number of non-ortho nitro benzene ring substituents is 1. The van der Waals surface area contributed by atoms with Gasteiger partial charge in [0.05, 0.1) is 10.6 Å². The fourth-order valence-electron chi connectivity index (χ4n) is 3.20. The molecule has 0 N–H and O–H groups in total. The van der Waals surface area contributed by atoms with Crippen molar-refractivity contribution in [1.29, 1.82) is 0 Å². The van der Waals surface area contributed by atoms with Crippen LogP contribution in [0, 0.1) is 23.0 Å². The lowest BCUT2D eigenvalue weighted by Crippen LogP contribution is -2.34. The number of aromatic nitrogens is 1. The molecule has 0 bridgehead atoms. The monoisotopic (exact) mass is 328 g/mol. The second-order valence-electron chi connectivity index (χ2n) is 6.49. The van der Waals surface area contributed by atoms with Crippen molar-refractivity contribution in [3.63, 3.8) is 0 Å². The molecule has 7 nitrogen and oxygen atoms in total. The van der Waals surface area contributed by atoms with Crippen LogP contribution in [0.5, 0.6) is 0 Å². The minimum Gasteiger partial charge on any atom is -0.322 e. The molecule has 126 valence electrons. The number of fused-ring (bicyclic) bond motifs is 1. The Bertz CT molecular complexity index is 819. The van der Waals surface area contributed by atoms with Crippen molar-refractivity contribution >= 4 is 28.3 Å². The number of carbonyl (C=O) groups excluding carboxylic acids is 1. The van der Waals surface area contributed by atoms with Crippen LogP contribution in [0.2, 0.25) is 0 Å². The maximum absolute atomic E-state index is 12.8. The van der Waals surface area contributed by atoms with Crippen LogP contribution in [0.15, 0.2) is 24.4 Å². The number of benzene rings is 1. The van der Waals surface area contributed by atoms with Crippen molar-refractivity contribution in [2.75, 3.05) is 24.5 Å². The Kier molecular flexibility index (Phi) is 4.09. The lowest BCUT2D eigenvalue weighted by Gasteiger charge is -2.22. The van der Waals surface area contributed by atoms with Crippen LogP contribution < -0.4 is 4.90 Å². The number of hydrogen-bond donors (Lipinski definition) is 0. The molecule has 0 atom stereocenters. The molecule has 3 rings (SSSR count). The Balaban J connectivity index is 2.10. The summed E-state index contributed by atoms with van der Waals surface area (Å²) in [5.41, 5.74) is 1.83. The van der Waals surface area contributed by atoms with Gasteiger partial charge in [0, 0.05) is 37.3 Å². The van der Waals surface area contributed by atoms with Gasteiger partial charge in [-0.2, -0.15) is 0 Å². The molecular weight excluding hydrogens is 308 g/mol. The van der Waals surface area contributed by atoms with E-state index in [-0.39, 0.29) is 11.7 Å². The molecule has 7 heteroatoms. The number of carbonyl (C=O) groups is 1. The molecule has 2 amide bonds. The highest BCUT2D eigenvalue weighted by Crippen LogP contribution is 2.35. The third-order valence-corrected chi connectivity index (χ3v) is 4.18. The van der Waals surface area contributed by atoms with E-state index in [0.717, 1.165) is 11.3 Å². The Hall–Kier alpha value is -2.70. The van der Waals surface area contributed by atoms with E-state index >= 15 is 0 Å². The molecule has 24 heavy (non-hydrogen) atoms. The van der Waals surface area contributed by atoms with Crippen LogP contribution >= 0.6 is 0 Å². The first kappa shape index (κ1) is 16.2. The predicted molar refractivity (Wildman–Crippen MR) is 92.3 cm³/mol. The average molecular weight is 328 g/mol. The van der Waals surface area contributed by atoms with Crippen molar-refractivity contribution in [3.8, 4) is 0 Å². The summed E-state index contributed by atoms with van der Waals surface area (Å²) in [4.78, 5) is 31.3. The summed E-state index contributed by atoms with van der Waals surface area (Å²) in [6, 6.07) is 4.81. The molecule has 2 aromatic rings. The zero-order valence-electron chi connectivity index (χ0n) is 14.0. The number of urea groups is 1. The minimum absolute atomic E-state index is 0.0422. The molecule has 0 unspecified atom stereocenters. The molecule has 0 radical (unpaired) electrons. The van der Waals surface area contributed by atoms with Gasteiger partial charge in [-0.3, -0.25) is 15.0 Å². The van der Waals surface area contributed by atoms with E-state index in [2.05, 4.69) is 18.8 Å². The van der Waals surface area contributed by atoms with Gasteiger partial charge in [0.2, 0.25) is 0 Å². The van der Waals surface area contributed by atoms with Crippen molar-refractivity contribution in [3.05, 3.63) is 40.1 Å². The van der Waals surface area contributed by atoms with E-state index < -0.39 is 4.92 Å². The van der Waals surface area contributed by atoms with E-state index in [4.69, 9.17) is 0 Å². The van der Waals surface area contributed by atoms with Gasteiger partial charge in [-0.25, -0.2) is 9.78 Å². The minimum atomic E-state index is -0.439. The summed E-state index contributed by atoms with van der Waals surface area (Å²) in [7, 11) is 0. The van der Waals surface area contributed by atoms with Gasteiger partial charge < -0.3 is 4.90 Å². The summed E-state index contributed by atoms with van der Waals surface area (Å²) < 4.78 is 0. The van der Waals surface area contributed by atoms with Gasteiger partial charge in [-0.05, 0) is 18.4 Å². The van der Waals surface area contributed by atoms with E-state index in [1.165, 1.54) is 6.07 Å². The van der Waals surface area contributed by atoms with Crippen LogP contribution in [0.4, 0.5) is 16.2 Å². The summed E-state index contributed by atoms with van der Waals surface area (Å²) >= 11 is 0. The molecule has 1 aromatic heterocycles. The largest absolute Gasteiger partial charge is 0.324 e. The SMILES string of the molecule is Cc1cnc2c([N+](=O)[O-])cccc2c1N1CCN(CC(C)C)C1=O. The summed E-state index contributed by atoms with van der Waals surface area (Å²) in [6.07, 6.45) is 1.60. The van der Waals surface area contributed by atoms with Crippen LogP contribution in [0.3, 0.4) is 0 Å². The Labute approximate surface area is 140 Å². The molecule has 1 aliphatic heterocycles. The number of aryl methyl sites for hydroxylation is 1. The van der Waals surface area contributed by atoms with Crippen molar-refractivity contribution in [1.82, 2.24) is 9.88 Å². The molecule has 0 spiro atoms. The number of nitrogens with zero attached hydrogens (tertiary/aromatic N) is 4. The Morgan fingerprint density at radius 3 is 2.75 bits per heavy atom.